The van der Waals surface area contributed by atoms with E-state index in [0.717, 1.165) is 18.4 Å². The van der Waals surface area contributed by atoms with E-state index < -0.39 is 10.8 Å². The van der Waals surface area contributed by atoms with Gasteiger partial charge in [-0.3, -0.25) is 14.9 Å². The predicted molar refractivity (Wildman–Crippen MR) is 98.9 cm³/mol. The van der Waals surface area contributed by atoms with Crippen molar-refractivity contribution in [1.29, 1.82) is 5.26 Å². The maximum Gasteiger partial charge on any atom is 0.269 e. The number of non-ortho nitro benzene ring substituents is 1. The number of rotatable bonds is 7. The van der Waals surface area contributed by atoms with Gasteiger partial charge in [0.1, 0.15) is 11.6 Å². The summed E-state index contributed by atoms with van der Waals surface area (Å²) in [5.74, 6) is -0.465. The molecule has 1 amide bonds. The lowest BCUT2D eigenvalue weighted by molar-refractivity contribution is -0.384. The highest BCUT2D eigenvalue weighted by molar-refractivity contribution is 6.01. The van der Waals surface area contributed by atoms with Crippen molar-refractivity contribution >= 4 is 17.7 Å². The molecule has 2 rings (SSSR count). The number of hydrogen-bond donors (Lipinski definition) is 1. The first kappa shape index (κ1) is 18.9. The van der Waals surface area contributed by atoms with Gasteiger partial charge in [-0.2, -0.15) is 5.26 Å². The fourth-order valence-corrected chi connectivity index (χ4v) is 2.54. The summed E-state index contributed by atoms with van der Waals surface area (Å²) in [4.78, 5) is 22.7. The first-order chi connectivity index (χ1) is 12.5. The van der Waals surface area contributed by atoms with E-state index in [0.29, 0.717) is 5.56 Å². The molecule has 6 heteroatoms. The molecule has 2 aromatic rings. The smallest absolute Gasteiger partial charge is 0.269 e. The molecule has 0 heterocycles. The van der Waals surface area contributed by atoms with Crippen LogP contribution in [0.1, 0.15) is 36.9 Å². The number of nitrogens with zero attached hydrogens (tertiary/aromatic N) is 2. The van der Waals surface area contributed by atoms with Gasteiger partial charge in [-0.15, -0.1) is 0 Å². The van der Waals surface area contributed by atoms with Crippen molar-refractivity contribution in [2.45, 2.75) is 25.8 Å². The number of nitro benzene ring substituents is 1. The lowest BCUT2D eigenvalue weighted by Crippen LogP contribution is -2.29. The quantitative estimate of drug-likeness (QED) is 0.351. The largest absolute Gasteiger partial charge is 0.345 e. The minimum Gasteiger partial charge on any atom is -0.345 e. The normalized spacial score (nSPS) is 12.1. The number of carbonyl (C=O) groups is 1. The number of nitriles is 1. The Labute approximate surface area is 151 Å². The van der Waals surface area contributed by atoms with E-state index in [1.807, 2.05) is 43.3 Å². The van der Waals surface area contributed by atoms with Crippen LogP contribution in [0.15, 0.2) is 60.2 Å². The Balaban J connectivity index is 2.19. The maximum atomic E-state index is 12.5. The van der Waals surface area contributed by atoms with Crippen LogP contribution in [-0.2, 0) is 4.79 Å². The molecule has 0 saturated carbocycles. The van der Waals surface area contributed by atoms with Crippen LogP contribution in [-0.4, -0.2) is 10.8 Å². The molecule has 0 aliphatic rings. The van der Waals surface area contributed by atoms with Gasteiger partial charge in [0.25, 0.3) is 11.6 Å². The van der Waals surface area contributed by atoms with Gasteiger partial charge in [0, 0.05) is 12.1 Å². The minimum atomic E-state index is -0.499. The third-order valence-corrected chi connectivity index (χ3v) is 3.86. The third kappa shape index (κ3) is 5.02. The molecule has 0 spiro atoms. The molecule has 1 N–H and O–H groups in total. The summed E-state index contributed by atoms with van der Waals surface area (Å²) in [5, 5.41) is 22.9. The molecule has 0 bridgehead atoms. The van der Waals surface area contributed by atoms with Crippen LogP contribution in [0.3, 0.4) is 0 Å². The Morgan fingerprint density at radius 2 is 1.88 bits per heavy atom. The van der Waals surface area contributed by atoms with Crippen molar-refractivity contribution in [1.82, 2.24) is 5.32 Å². The molecular weight excluding hydrogens is 330 g/mol. The van der Waals surface area contributed by atoms with Gasteiger partial charge in [0.15, 0.2) is 0 Å². The Kier molecular flexibility index (Phi) is 6.63. The van der Waals surface area contributed by atoms with Gasteiger partial charge in [-0.25, -0.2) is 0 Å². The van der Waals surface area contributed by atoms with Crippen LogP contribution in [0.25, 0.3) is 6.08 Å². The van der Waals surface area contributed by atoms with E-state index in [1.54, 1.807) is 0 Å². The summed E-state index contributed by atoms with van der Waals surface area (Å²) in [6, 6.07) is 17.0. The number of amides is 1. The molecule has 26 heavy (non-hydrogen) atoms. The average Bonchev–Trinajstić information content (AvgIpc) is 2.66. The average molecular weight is 349 g/mol. The molecule has 0 aliphatic heterocycles. The summed E-state index contributed by atoms with van der Waals surface area (Å²) < 4.78 is 0. The molecule has 0 saturated heterocycles. The lowest BCUT2D eigenvalue weighted by atomic mass is 10.0. The van der Waals surface area contributed by atoms with Gasteiger partial charge in [-0.1, -0.05) is 43.7 Å². The van der Waals surface area contributed by atoms with Crippen LogP contribution in [0.4, 0.5) is 5.69 Å². The molecule has 0 fully saturated rings. The Morgan fingerprint density at radius 1 is 1.23 bits per heavy atom. The SMILES string of the molecule is CCC[C@H](NC(=O)C(C#N)=Cc1ccc([N+](=O)[O-])cc1)c1ccccc1. The predicted octanol–water partition coefficient (Wildman–Crippen LogP) is 4.16. The number of hydrogen-bond acceptors (Lipinski definition) is 4. The third-order valence-electron chi connectivity index (χ3n) is 3.86. The Hall–Kier alpha value is -3.46. The molecule has 0 aliphatic carbocycles. The van der Waals surface area contributed by atoms with E-state index >= 15 is 0 Å². The minimum absolute atomic E-state index is 0.0443. The molecular formula is C20H19N3O3. The number of carbonyl (C=O) groups excluding carboxylic acids is 1. The summed E-state index contributed by atoms with van der Waals surface area (Å²) in [6.45, 7) is 2.03. The van der Waals surface area contributed by atoms with Crippen LogP contribution < -0.4 is 5.32 Å². The van der Waals surface area contributed by atoms with Gasteiger partial charge in [-0.05, 0) is 35.8 Å². The summed E-state index contributed by atoms with van der Waals surface area (Å²) >= 11 is 0. The van der Waals surface area contributed by atoms with E-state index in [4.69, 9.17) is 0 Å². The van der Waals surface area contributed by atoms with Crippen molar-refractivity contribution in [2.24, 2.45) is 0 Å². The van der Waals surface area contributed by atoms with E-state index in [-0.39, 0.29) is 17.3 Å². The molecule has 2 aromatic carbocycles. The second kappa shape index (κ2) is 9.14. The highest BCUT2D eigenvalue weighted by Crippen LogP contribution is 2.19. The van der Waals surface area contributed by atoms with E-state index in [9.17, 15) is 20.2 Å². The van der Waals surface area contributed by atoms with Crippen molar-refractivity contribution in [3.05, 3.63) is 81.4 Å². The molecule has 0 unspecified atom stereocenters. The number of nitro groups is 1. The zero-order chi connectivity index (χ0) is 18.9. The van der Waals surface area contributed by atoms with Gasteiger partial charge < -0.3 is 5.32 Å². The van der Waals surface area contributed by atoms with E-state index in [1.165, 1.54) is 30.3 Å². The van der Waals surface area contributed by atoms with Crippen LogP contribution in [0.2, 0.25) is 0 Å². The molecule has 132 valence electrons. The fourth-order valence-electron chi connectivity index (χ4n) is 2.54. The first-order valence-corrected chi connectivity index (χ1v) is 8.27. The Morgan fingerprint density at radius 3 is 2.42 bits per heavy atom. The summed E-state index contributed by atoms with van der Waals surface area (Å²) in [7, 11) is 0. The van der Waals surface area contributed by atoms with Crippen LogP contribution >= 0.6 is 0 Å². The first-order valence-electron chi connectivity index (χ1n) is 8.27. The monoisotopic (exact) mass is 349 g/mol. The van der Waals surface area contributed by atoms with Crippen LogP contribution in [0, 0.1) is 21.4 Å². The van der Waals surface area contributed by atoms with Crippen molar-refractivity contribution in [2.75, 3.05) is 0 Å². The molecule has 0 aromatic heterocycles. The maximum absolute atomic E-state index is 12.5. The molecule has 0 radical (unpaired) electrons. The molecule has 6 nitrogen and oxygen atoms in total. The topological polar surface area (TPSA) is 96.0 Å². The Bertz CT molecular complexity index is 837. The highest BCUT2D eigenvalue weighted by atomic mass is 16.6. The standard InChI is InChI=1S/C20H19N3O3/c1-2-6-19(16-7-4-3-5-8-16)22-20(24)17(14-21)13-15-9-11-18(12-10-15)23(25)26/h3-5,7-13,19H,2,6H2,1H3,(H,22,24)/t19-/m0/s1. The molecule has 1 atom stereocenters. The second-order valence-electron chi connectivity index (χ2n) is 5.74. The second-order valence-corrected chi connectivity index (χ2v) is 5.74. The van der Waals surface area contributed by atoms with Crippen molar-refractivity contribution in [3.63, 3.8) is 0 Å². The number of nitrogens with one attached hydrogen (secondary N) is 1. The van der Waals surface area contributed by atoms with Gasteiger partial charge in [0.2, 0.25) is 0 Å². The fraction of sp³-hybridized carbons (Fsp3) is 0.200. The van der Waals surface area contributed by atoms with Gasteiger partial charge >= 0.3 is 0 Å². The summed E-state index contributed by atoms with van der Waals surface area (Å²) in [6.07, 6.45) is 3.06. The van der Waals surface area contributed by atoms with Gasteiger partial charge in [0.05, 0.1) is 11.0 Å². The lowest BCUT2D eigenvalue weighted by Gasteiger charge is -2.18. The van der Waals surface area contributed by atoms with Crippen molar-refractivity contribution < 1.29 is 9.72 Å². The van der Waals surface area contributed by atoms with Crippen molar-refractivity contribution in [3.8, 4) is 6.07 Å². The highest BCUT2D eigenvalue weighted by Gasteiger charge is 2.17. The van der Waals surface area contributed by atoms with E-state index in [2.05, 4.69) is 5.32 Å². The number of benzene rings is 2. The zero-order valence-corrected chi connectivity index (χ0v) is 14.4. The zero-order valence-electron chi connectivity index (χ0n) is 14.4. The van der Waals surface area contributed by atoms with Crippen LogP contribution in [0.5, 0.6) is 0 Å². The summed E-state index contributed by atoms with van der Waals surface area (Å²) in [5.41, 5.74) is 1.44.